The highest BCUT2D eigenvalue weighted by Gasteiger charge is 2.14. The number of carbonyl (C=O) groups excluding carboxylic acids is 1. The molecule has 0 unspecified atom stereocenters. The van der Waals surface area contributed by atoms with Crippen molar-refractivity contribution in [2.45, 2.75) is 32.6 Å². The van der Waals surface area contributed by atoms with Gasteiger partial charge in [-0.25, -0.2) is 4.98 Å². The molecule has 1 aromatic heterocycles. The first kappa shape index (κ1) is 13.0. The molecule has 3 heteroatoms. The Balaban J connectivity index is 2.12. The molecule has 0 atom stereocenters. The third-order valence-electron chi connectivity index (χ3n) is 2.87. The normalized spacial score (nSPS) is 11.5. The summed E-state index contributed by atoms with van der Waals surface area (Å²) < 4.78 is 0. The lowest BCUT2D eigenvalue weighted by atomic mass is 9.86. The second-order valence-electron chi connectivity index (χ2n) is 5.35. The van der Waals surface area contributed by atoms with Crippen LogP contribution in [0.1, 0.15) is 41.7 Å². The quantitative estimate of drug-likeness (QED) is 0.783. The number of hydrogen-bond acceptors (Lipinski definition) is 3. The topological polar surface area (TPSA) is 30.0 Å². The molecule has 0 bridgehead atoms. The van der Waals surface area contributed by atoms with Gasteiger partial charge in [-0.05, 0) is 11.0 Å². The summed E-state index contributed by atoms with van der Waals surface area (Å²) in [6, 6.07) is 7.90. The van der Waals surface area contributed by atoms with Crippen LogP contribution in [-0.2, 0) is 11.8 Å². The van der Waals surface area contributed by atoms with Crippen LogP contribution in [0.5, 0.6) is 0 Å². The molecule has 94 valence electrons. The molecule has 0 fully saturated rings. The van der Waals surface area contributed by atoms with E-state index in [0.717, 1.165) is 10.6 Å². The fourth-order valence-electron chi connectivity index (χ4n) is 1.74. The van der Waals surface area contributed by atoms with Gasteiger partial charge in [-0.2, -0.15) is 0 Å². The van der Waals surface area contributed by atoms with Crippen LogP contribution in [0, 0.1) is 0 Å². The maximum atomic E-state index is 12.0. The number of hydrogen-bond donors (Lipinski definition) is 0. The van der Waals surface area contributed by atoms with E-state index < -0.39 is 0 Å². The first-order valence-electron chi connectivity index (χ1n) is 5.99. The van der Waals surface area contributed by atoms with Crippen LogP contribution in [0.15, 0.2) is 35.8 Å². The summed E-state index contributed by atoms with van der Waals surface area (Å²) in [6.07, 6.45) is 2.13. The van der Waals surface area contributed by atoms with Crippen LogP contribution in [0.3, 0.4) is 0 Å². The van der Waals surface area contributed by atoms with Crippen molar-refractivity contribution in [3.63, 3.8) is 0 Å². The molecule has 0 aliphatic carbocycles. The third kappa shape index (κ3) is 3.05. The van der Waals surface area contributed by atoms with E-state index in [9.17, 15) is 4.79 Å². The molecule has 1 aromatic carbocycles. The van der Waals surface area contributed by atoms with E-state index >= 15 is 0 Å². The number of aromatic nitrogens is 1. The summed E-state index contributed by atoms with van der Waals surface area (Å²) in [6.45, 7) is 6.50. The van der Waals surface area contributed by atoms with Crippen molar-refractivity contribution in [3.05, 3.63) is 52.0 Å². The van der Waals surface area contributed by atoms with Crippen molar-refractivity contribution in [2.75, 3.05) is 0 Å². The Morgan fingerprint density at radius 3 is 2.39 bits per heavy atom. The van der Waals surface area contributed by atoms with Crippen LogP contribution in [0.2, 0.25) is 0 Å². The smallest absolute Gasteiger partial charge is 0.169 e. The van der Waals surface area contributed by atoms with Gasteiger partial charge < -0.3 is 0 Å². The predicted octanol–water partition coefficient (Wildman–Crippen LogP) is 3.87. The average Bonchev–Trinajstić information content (AvgIpc) is 2.81. The summed E-state index contributed by atoms with van der Waals surface area (Å²) >= 11 is 1.52. The zero-order valence-corrected chi connectivity index (χ0v) is 11.8. The molecule has 2 rings (SSSR count). The first-order chi connectivity index (χ1) is 8.47. The van der Waals surface area contributed by atoms with Crippen LogP contribution in [0.25, 0.3) is 0 Å². The molecule has 0 aliphatic rings. The van der Waals surface area contributed by atoms with E-state index in [1.165, 1.54) is 16.9 Å². The lowest BCUT2D eigenvalue weighted by Gasteiger charge is -2.18. The van der Waals surface area contributed by atoms with Crippen molar-refractivity contribution < 1.29 is 4.79 Å². The third-order valence-corrected chi connectivity index (χ3v) is 3.65. The van der Waals surface area contributed by atoms with Gasteiger partial charge in [0.05, 0.1) is 6.42 Å². The number of carbonyl (C=O) groups is 1. The summed E-state index contributed by atoms with van der Waals surface area (Å²) in [5.74, 6) is 0.130. The minimum absolute atomic E-state index is 0.122. The number of Topliss-reactive ketones (excluding diaryl/α,β-unsaturated/α-hetero) is 1. The standard InChI is InChI=1S/C15H17NOS/c1-15(2,3)12-6-4-11(5-7-12)13(17)10-14-16-8-9-18-14/h4-9H,10H2,1-3H3. The lowest BCUT2D eigenvalue weighted by molar-refractivity contribution is 0.0993. The Kier molecular flexibility index (Phi) is 3.62. The van der Waals surface area contributed by atoms with Crippen LogP contribution in [0.4, 0.5) is 0 Å². The molecule has 2 nitrogen and oxygen atoms in total. The molecule has 2 aromatic rings. The Hall–Kier alpha value is -1.48. The molecule has 18 heavy (non-hydrogen) atoms. The molecule has 0 amide bonds. The van der Waals surface area contributed by atoms with Gasteiger partial charge in [-0.1, -0.05) is 45.0 Å². The van der Waals surface area contributed by atoms with E-state index in [0.29, 0.717) is 6.42 Å². The Labute approximate surface area is 112 Å². The highest BCUT2D eigenvalue weighted by atomic mass is 32.1. The molecule has 0 radical (unpaired) electrons. The molecule has 0 N–H and O–H groups in total. The first-order valence-corrected chi connectivity index (χ1v) is 6.87. The second kappa shape index (κ2) is 5.02. The zero-order valence-electron chi connectivity index (χ0n) is 10.9. The SMILES string of the molecule is CC(C)(C)c1ccc(C(=O)Cc2nccs2)cc1. The molecule has 0 aliphatic heterocycles. The van der Waals surface area contributed by atoms with Crippen molar-refractivity contribution in [1.29, 1.82) is 0 Å². The molecule has 1 heterocycles. The van der Waals surface area contributed by atoms with Gasteiger partial charge in [-0.15, -0.1) is 11.3 Å². The Morgan fingerprint density at radius 2 is 1.89 bits per heavy atom. The summed E-state index contributed by atoms with van der Waals surface area (Å²) in [7, 11) is 0. The Bertz CT molecular complexity index is 521. The van der Waals surface area contributed by atoms with Crippen LogP contribution in [-0.4, -0.2) is 10.8 Å². The van der Waals surface area contributed by atoms with E-state index in [1.807, 2.05) is 29.6 Å². The number of benzene rings is 1. The average molecular weight is 259 g/mol. The van der Waals surface area contributed by atoms with Gasteiger partial charge in [0, 0.05) is 17.1 Å². The van der Waals surface area contributed by atoms with Crippen molar-refractivity contribution in [2.24, 2.45) is 0 Å². The van der Waals surface area contributed by atoms with E-state index in [-0.39, 0.29) is 11.2 Å². The second-order valence-corrected chi connectivity index (χ2v) is 6.33. The minimum Gasteiger partial charge on any atom is -0.294 e. The minimum atomic E-state index is 0.122. The molecular formula is C15H17NOS. The van der Waals surface area contributed by atoms with Gasteiger partial charge >= 0.3 is 0 Å². The van der Waals surface area contributed by atoms with Crippen LogP contribution >= 0.6 is 11.3 Å². The van der Waals surface area contributed by atoms with Crippen LogP contribution < -0.4 is 0 Å². The number of ketones is 1. The van der Waals surface area contributed by atoms with Crippen molar-refractivity contribution in [1.82, 2.24) is 4.98 Å². The van der Waals surface area contributed by atoms with E-state index in [4.69, 9.17) is 0 Å². The summed E-state index contributed by atoms with van der Waals surface area (Å²) in [4.78, 5) is 16.2. The largest absolute Gasteiger partial charge is 0.294 e. The summed E-state index contributed by atoms with van der Waals surface area (Å²) in [5, 5.41) is 2.77. The highest BCUT2D eigenvalue weighted by Crippen LogP contribution is 2.22. The number of thiazole rings is 1. The maximum Gasteiger partial charge on any atom is 0.169 e. The van der Waals surface area contributed by atoms with Crippen molar-refractivity contribution in [3.8, 4) is 0 Å². The highest BCUT2D eigenvalue weighted by molar-refractivity contribution is 7.09. The van der Waals surface area contributed by atoms with Crippen molar-refractivity contribution >= 4 is 17.1 Å². The summed E-state index contributed by atoms with van der Waals surface area (Å²) in [5.41, 5.74) is 2.13. The fraction of sp³-hybridized carbons (Fsp3) is 0.333. The van der Waals surface area contributed by atoms with Gasteiger partial charge in [0.1, 0.15) is 5.01 Å². The van der Waals surface area contributed by atoms with Gasteiger partial charge in [-0.3, -0.25) is 4.79 Å². The van der Waals surface area contributed by atoms with E-state index in [1.54, 1.807) is 6.20 Å². The maximum absolute atomic E-state index is 12.0. The fourth-order valence-corrected chi connectivity index (χ4v) is 2.35. The number of rotatable bonds is 3. The zero-order chi connectivity index (χ0) is 13.2. The molecule has 0 saturated carbocycles. The van der Waals surface area contributed by atoms with Gasteiger partial charge in [0.25, 0.3) is 0 Å². The molecular weight excluding hydrogens is 242 g/mol. The van der Waals surface area contributed by atoms with E-state index in [2.05, 4.69) is 25.8 Å². The lowest BCUT2D eigenvalue weighted by Crippen LogP contribution is -2.11. The molecule has 0 saturated heterocycles. The van der Waals surface area contributed by atoms with Gasteiger partial charge in [0.2, 0.25) is 0 Å². The Morgan fingerprint density at radius 1 is 1.22 bits per heavy atom. The predicted molar refractivity (Wildman–Crippen MR) is 75.3 cm³/mol. The monoisotopic (exact) mass is 259 g/mol. The number of nitrogens with zero attached hydrogens (tertiary/aromatic N) is 1. The molecule has 0 spiro atoms. The van der Waals surface area contributed by atoms with Gasteiger partial charge in [0.15, 0.2) is 5.78 Å².